The molecule has 5 nitrogen and oxygen atoms in total. The van der Waals surface area contributed by atoms with Crippen LogP contribution in [0.15, 0.2) is 16.6 Å². The van der Waals surface area contributed by atoms with E-state index in [1.807, 2.05) is 12.1 Å². The summed E-state index contributed by atoms with van der Waals surface area (Å²) in [6.45, 7) is 5.48. The number of carboxylic acids is 1. The number of fused-ring (bicyclic) bond motifs is 1. The number of hydrogen-bond acceptors (Lipinski definition) is 4. The maximum atomic E-state index is 11.3. The van der Waals surface area contributed by atoms with Gasteiger partial charge in [-0.1, -0.05) is 22.9 Å². The molecule has 0 aromatic heterocycles. The predicted octanol–water partition coefficient (Wildman–Crippen LogP) is 2.76. The third-order valence-electron chi connectivity index (χ3n) is 4.19. The molecular weight excluding hydrogens is 350 g/mol. The lowest BCUT2D eigenvalue weighted by atomic mass is 9.90. The van der Waals surface area contributed by atoms with Crippen LogP contribution in [-0.2, 0) is 11.3 Å². The Hall–Kier alpha value is -1.27. The molecule has 2 unspecified atom stereocenters. The van der Waals surface area contributed by atoms with E-state index in [0.717, 1.165) is 34.5 Å². The van der Waals surface area contributed by atoms with Crippen LogP contribution in [0.25, 0.3) is 0 Å². The van der Waals surface area contributed by atoms with E-state index in [1.165, 1.54) is 0 Å². The highest BCUT2D eigenvalue weighted by Gasteiger charge is 2.30. The van der Waals surface area contributed by atoms with Gasteiger partial charge in [-0.3, -0.25) is 9.69 Å². The number of rotatable bonds is 3. The van der Waals surface area contributed by atoms with E-state index in [-0.39, 0.29) is 5.92 Å². The van der Waals surface area contributed by atoms with Crippen LogP contribution in [0.1, 0.15) is 18.9 Å². The van der Waals surface area contributed by atoms with Gasteiger partial charge in [-0.15, -0.1) is 0 Å². The van der Waals surface area contributed by atoms with Gasteiger partial charge in [0.1, 0.15) is 13.2 Å². The van der Waals surface area contributed by atoms with E-state index >= 15 is 0 Å². The van der Waals surface area contributed by atoms with E-state index in [0.29, 0.717) is 32.2 Å². The number of halogens is 1. The van der Waals surface area contributed by atoms with Gasteiger partial charge in [-0.2, -0.15) is 0 Å². The Labute approximate surface area is 138 Å². The topological polar surface area (TPSA) is 59.0 Å². The SMILES string of the molecule is CC1CC(C(=O)O)CN(Cc2cc3c(cc2Br)OCCO3)C1. The fraction of sp³-hybridized carbons (Fsp3) is 0.562. The molecule has 2 aliphatic heterocycles. The zero-order valence-corrected chi connectivity index (χ0v) is 14.1. The summed E-state index contributed by atoms with van der Waals surface area (Å²) in [5.41, 5.74) is 1.10. The second-order valence-corrected chi connectivity index (χ2v) is 7.01. The molecule has 2 heterocycles. The van der Waals surface area contributed by atoms with Gasteiger partial charge in [0.05, 0.1) is 5.92 Å². The van der Waals surface area contributed by atoms with Crippen LogP contribution in [0.2, 0.25) is 0 Å². The zero-order valence-electron chi connectivity index (χ0n) is 12.5. The molecule has 3 rings (SSSR count). The maximum Gasteiger partial charge on any atom is 0.307 e. The Kier molecular flexibility index (Phi) is 4.59. The Morgan fingerprint density at radius 1 is 1.32 bits per heavy atom. The van der Waals surface area contributed by atoms with Gasteiger partial charge in [-0.05, 0) is 30.0 Å². The number of hydrogen-bond donors (Lipinski definition) is 1. The monoisotopic (exact) mass is 369 g/mol. The van der Waals surface area contributed by atoms with Crippen LogP contribution in [0.5, 0.6) is 11.5 Å². The predicted molar refractivity (Wildman–Crippen MR) is 85.3 cm³/mol. The maximum absolute atomic E-state index is 11.3. The first kappa shape index (κ1) is 15.6. The van der Waals surface area contributed by atoms with E-state index in [1.54, 1.807) is 0 Å². The summed E-state index contributed by atoms with van der Waals surface area (Å²) < 4.78 is 12.2. The van der Waals surface area contributed by atoms with E-state index in [2.05, 4.69) is 27.8 Å². The third kappa shape index (κ3) is 3.38. The molecule has 0 saturated carbocycles. The van der Waals surface area contributed by atoms with Gasteiger partial charge in [0, 0.05) is 24.1 Å². The molecule has 1 aromatic carbocycles. The van der Waals surface area contributed by atoms with Crippen LogP contribution in [0, 0.1) is 11.8 Å². The highest BCUT2D eigenvalue weighted by Crippen LogP contribution is 2.36. The number of carbonyl (C=O) groups is 1. The molecule has 0 bridgehead atoms. The van der Waals surface area contributed by atoms with Crippen LogP contribution in [0.4, 0.5) is 0 Å². The standard InChI is InChI=1S/C16H20BrNO4/c1-10-4-12(16(19)20)9-18(7-10)8-11-5-14-15(6-13(11)17)22-3-2-21-14/h5-6,10,12H,2-4,7-9H2,1H3,(H,19,20). The molecule has 2 atom stereocenters. The number of aliphatic carboxylic acids is 1. The summed E-state index contributed by atoms with van der Waals surface area (Å²) in [5, 5.41) is 9.28. The molecule has 120 valence electrons. The van der Waals surface area contributed by atoms with E-state index in [9.17, 15) is 9.90 Å². The number of benzene rings is 1. The number of ether oxygens (including phenoxy) is 2. The summed E-state index contributed by atoms with van der Waals surface area (Å²) in [6.07, 6.45) is 0.758. The van der Waals surface area contributed by atoms with E-state index < -0.39 is 5.97 Å². The lowest BCUT2D eigenvalue weighted by Crippen LogP contribution is -2.42. The Bertz CT molecular complexity index is 578. The van der Waals surface area contributed by atoms with Crippen LogP contribution < -0.4 is 9.47 Å². The minimum Gasteiger partial charge on any atom is -0.486 e. The molecule has 0 radical (unpaired) electrons. The molecule has 1 N–H and O–H groups in total. The van der Waals surface area contributed by atoms with Crippen molar-refractivity contribution in [2.75, 3.05) is 26.3 Å². The number of piperidine rings is 1. The second-order valence-electron chi connectivity index (χ2n) is 6.16. The largest absolute Gasteiger partial charge is 0.486 e. The molecular formula is C16H20BrNO4. The third-order valence-corrected chi connectivity index (χ3v) is 4.93. The normalized spacial score (nSPS) is 25.0. The average molecular weight is 370 g/mol. The number of nitrogens with zero attached hydrogens (tertiary/aromatic N) is 1. The summed E-state index contributed by atoms with van der Waals surface area (Å²) in [7, 11) is 0. The van der Waals surface area contributed by atoms with Crippen molar-refractivity contribution in [2.45, 2.75) is 19.9 Å². The zero-order chi connectivity index (χ0) is 15.7. The molecule has 1 saturated heterocycles. The molecule has 22 heavy (non-hydrogen) atoms. The second kappa shape index (κ2) is 6.46. The van der Waals surface area contributed by atoms with Gasteiger partial charge < -0.3 is 14.6 Å². The fourth-order valence-corrected chi connectivity index (χ4v) is 3.69. The lowest BCUT2D eigenvalue weighted by Gasteiger charge is -2.35. The minimum atomic E-state index is -0.696. The smallest absolute Gasteiger partial charge is 0.307 e. The molecule has 1 aromatic rings. The Balaban J connectivity index is 1.76. The summed E-state index contributed by atoms with van der Waals surface area (Å²) in [4.78, 5) is 13.5. The number of carboxylic acid groups (broad SMARTS) is 1. The van der Waals surface area contributed by atoms with Crippen molar-refractivity contribution in [3.8, 4) is 11.5 Å². The highest BCUT2D eigenvalue weighted by molar-refractivity contribution is 9.10. The van der Waals surface area contributed by atoms with E-state index in [4.69, 9.17) is 9.47 Å². The van der Waals surface area contributed by atoms with Crippen LogP contribution >= 0.6 is 15.9 Å². The van der Waals surface area contributed by atoms with Gasteiger partial charge in [-0.25, -0.2) is 0 Å². The van der Waals surface area contributed by atoms with Crippen molar-refractivity contribution in [2.24, 2.45) is 11.8 Å². The minimum absolute atomic E-state index is 0.278. The summed E-state index contributed by atoms with van der Waals surface area (Å²) in [6, 6.07) is 3.93. The number of likely N-dealkylation sites (tertiary alicyclic amines) is 1. The lowest BCUT2D eigenvalue weighted by molar-refractivity contribution is -0.144. The molecule has 0 aliphatic carbocycles. The average Bonchev–Trinajstić information content (AvgIpc) is 2.47. The first-order chi connectivity index (χ1) is 10.5. The van der Waals surface area contributed by atoms with Crippen LogP contribution in [0.3, 0.4) is 0 Å². The van der Waals surface area contributed by atoms with Crippen molar-refractivity contribution < 1.29 is 19.4 Å². The summed E-state index contributed by atoms with van der Waals surface area (Å²) >= 11 is 3.58. The summed E-state index contributed by atoms with van der Waals surface area (Å²) in [5.74, 6) is 0.949. The molecule has 2 aliphatic rings. The fourth-order valence-electron chi connectivity index (χ4n) is 3.24. The molecule has 6 heteroatoms. The van der Waals surface area contributed by atoms with Gasteiger partial charge in [0.25, 0.3) is 0 Å². The van der Waals surface area contributed by atoms with Crippen LogP contribution in [-0.4, -0.2) is 42.3 Å². The van der Waals surface area contributed by atoms with Gasteiger partial charge >= 0.3 is 5.97 Å². The first-order valence-corrected chi connectivity index (χ1v) is 8.35. The van der Waals surface area contributed by atoms with Crippen molar-refractivity contribution in [1.29, 1.82) is 0 Å². The van der Waals surface area contributed by atoms with Gasteiger partial charge in [0.2, 0.25) is 0 Å². The molecule has 0 amide bonds. The van der Waals surface area contributed by atoms with Crippen molar-refractivity contribution in [1.82, 2.24) is 4.90 Å². The van der Waals surface area contributed by atoms with Crippen molar-refractivity contribution in [3.63, 3.8) is 0 Å². The first-order valence-electron chi connectivity index (χ1n) is 7.56. The highest BCUT2D eigenvalue weighted by atomic mass is 79.9. The molecule has 0 spiro atoms. The Morgan fingerprint density at radius 3 is 2.68 bits per heavy atom. The Morgan fingerprint density at radius 2 is 2.00 bits per heavy atom. The quantitative estimate of drug-likeness (QED) is 0.887. The van der Waals surface area contributed by atoms with Crippen molar-refractivity contribution >= 4 is 21.9 Å². The van der Waals surface area contributed by atoms with Crippen molar-refractivity contribution in [3.05, 3.63) is 22.2 Å². The molecule has 1 fully saturated rings. The van der Waals surface area contributed by atoms with Gasteiger partial charge in [0.15, 0.2) is 11.5 Å².